The number of aliphatic hydroxyl groups is 1. The van der Waals surface area contributed by atoms with Crippen LogP contribution in [0.2, 0.25) is 0 Å². The van der Waals surface area contributed by atoms with Crippen molar-refractivity contribution in [3.05, 3.63) is 34.2 Å². The molecule has 1 aliphatic heterocycles. The maximum Gasteiger partial charge on any atom is 0.254 e. The van der Waals surface area contributed by atoms with Gasteiger partial charge in [-0.15, -0.1) is 0 Å². The van der Waals surface area contributed by atoms with Crippen LogP contribution in [-0.2, 0) is 4.74 Å². The molecule has 0 saturated carbocycles. The third kappa shape index (κ3) is 2.72. The van der Waals surface area contributed by atoms with Gasteiger partial charge >= 0.3 is 0 Å². The van der Waals surface area contributed by atoms with Gasteiger partial charge in [-0.1, -0.05) is 0 Å². The first kappa shape index (κ1) is 11.8. The third-order valence-corrected chi connectivity index (χ3v) is 2.65. The fourth-order valence-electron chi connectivity index (χ4n) is 1.77. The molecule has 0 bridgehead atoms. The van der Waals surface area contributed by atoms with Crippen molar-refractivity contribution in [2.75, 3.05) is 26.3 Å². The lowest BCUT2D eigenvalue weighted by molar-refractivity contribution is -0.0447. The van der Waals surface area contributed by atoms with Crippen LogP contribution in [0, 0.1) is 0 Å². The molecular weight excluding hydrogens is 224 g/mol. The Morgan fingerprint density at radius 3 is 3.18 bits per heavy atom. The average Bonchev–Trinajstić information content (AvgIpc) is 2.38. The van der Waals surface area contributed by atoms with E-state index in [9.17, 15) is 9.59 Å². The van der Waals surface area contributed by atoms with Gasteiger partial charge in [-0.2, -0.15) is 0 Å². The molecule has 1 aromatic rings. The number of pyridine rings is 1. The number of hydrogen-bond donors (Lipinski definition) is 2. The molecule has 2 rings (SSSR count). The van der Waals surface area contributed by atoms with Gasteiger partial charge in [0.2, 0.25) is 5.56 Å². The van der Waals surface area contributed by atoms with Gasteiger partial charge in [-0.25, -0.2) is 0 Å². The third-order valence-electron chi connectivity index (χ3n) is 2.65. The molecule has 1 aliphatic rings. The number of amides is 1. The Balaban J connectivity index is 2.12. The molecule has 6 heteroatoms. The van der Waals surface area contributed by atoms with E-state index in [1.165, 1.54) is 12.3 Å². The lowest BCUT2D eigenvalue weighted by Gasteiger charge is -2.32. The standard InChI is InChI=1S/C11H14N2O4/c14-7-9-6-13(3-4-17-9)11(16)8-1-2-12-10(15)5-8/h1-2,5,9,14H,3-4,6-7H2,(H,12,15). The van der Waals surface area contributed by atoms with Crippen LogP contribution in [0.15, 0.2) is 23.1 Å². The minimum atomic E-state index is -0.338. The second-order valence-electron chi connectivity index (χ2n) is 3.87. The van der Waals surface area contributed by atoms with Gasteiger partial charge in [-0.05, 0) is 6.07 Å². The molecule has 1 unspecified atom stereocenters. The van der Waals surface area contributed by atoms with Crippen LogP contribution < -0.4 is 5.56 Å². The van der Waals surface area contributed by atoms with Crippen molar-refractivity contribution in [1.29, 1.82) is 0 Å². The summed E-state index contributed by atoms with van der Waals surface area (Å²) in [7, 11) is 0. The number of aliphatic hydroxyl groups excluding tert-OH is 1. The van der Waals surface area contributed by atoms with Crippen LogP contribution in [0.4, 0.5) is 0 Å². The molecule has 1 fully saturated rings. The predicted octanol–water partition coefficient (Wildman–Crippen LogP) is -0.792. The Labute approximate surface area is 97.8 Å². The number of nitrogens with zero attached hydrogens (tertiary/aromatic N) is 1. The zero-order chi connectivity index (χ0) is 12.3. The quantitative estimate of drug-likeness (QED) is 0.707. The summed E-state index contributed by atoms with van der Waals surface area (Å²) in [5.74, 6) is -0.210. The van der Waals surface area contributed by atoms with Gasteiger partial charge in [0, 0.05) is 30.9 Å². The number of hydrogen-bond acceptors (Lipinski definition) is 4. The first-order valence-corrected chi connectivity index (χ1v) is 5.41. The van der Waals surface area contributed by atoms with Crippen molar-refractivity contribution in [2.24, 2.45) is 0 Å². The van der Waals surface area contributed by atoms with E-state index < -0.39 is 0 Å². The van der Waals surface area contributed by atoms with E-state index in [1.807, 2.05) is 0 Å². The van der Waals surface area contributed by atoms with Gasteiger partial charge in [0.1, 0.15) is 0 Å². The Kier molecular flexibility index (Phi) is 3.55. The second kappa shape index (κ2) is 5.11. The first-order chi connectivity index (χ1) is 8.20. The Hall–Kier alpha value is -1.66. The summed E-state index contributed by atoms with van der Waals surface area (Å²) in [6.07, 6.45) is 1.11. The van der Waals surface area contributed by atoms with E-state index in [0.717, 1.165) is 0 Å². The van der Waals surface area contributed by atoms with E-state index in [-0.39, 0.29) is 24.2 Å². The van der Waals surface area contributed by atoms with Gasteiger partial charge in [0.05, 0.1) is 19.3 Å². The van der Waals surface area contributed by atoms with E-state index in [2.05, 4.69) is 4.98 Å². The zero-order valence-corrected chi connectivity index (χ0v) is 9.26. The monoisotopic (exact) mass is 238 g/mol. The highest BCUT2D eigenvalue weighted by Gasteiger charge is 2.24. The number of morpholine rings is 1. The minimum absolute atomic E-state index is 0.112. The zero-order valence-electron chi connectivity index (χ0n) is 9.26. The van der Waals surface area contributed by atoms with Crippen LogP contribution in [0.5, 0.6) is 0 Å². The van der Waals surface area contributed by atoms with Crippen LogP contribution >= 0.6 is 0 Å². The van der Waals surface area contributed by atoms with Crippen molar-refractivity contribution in [2.45, 2.75) is 6.10 Å². The molecule has 1 amide bonds. The predicted molar refractivity (Wildman–Crippen MR) is 59.8 cm³/mol. The molecule has 92 valence electrons. The van der Waals surface area contributed by atoms with E-state index in [4.69, 9.17) is 9.84 Å². The molecule has 0 spiro atoms. The highest BCUT2D eigenvalue weighted by Crippen LogP contribution is 2.09. The number of aromatic nitrogens is 1. The maximum atomic E-state index is 12.0. The number of aromatic amines is 1. The molecule has 1 aromatic heterocycles. The van der Waals surface area contributed by atoms with Crippen LogP contribution in [0.25, 0.3) is 0 Å². The molecule has 2 heterocycles. The number of rotatable bonds is 2. The Morgan fingerprint density at radius 1 is 1.65 bits per heavy atom. The second-order valence-corrected chi connectivity index (χ2v) is 3.87. The number of carbonyl (C=O) groups is 1. The van der Waals surface area contributed by atoms with Crippen molar-refractivity contribution in [3.63, 3.8) is 0 Å². The van der Waals surface area contributed by atoms with Gasteiger partial charge in [0.15, 0.2) is 0 Å². The van der Waals surface area contributed by atoms with Gasteiger partial charge < -0.3 is 19.7 Å². The summed E-state index contributed by atoms with van der Waals surface area (Å²) in [5.41, 5.74) is 0.0511. The summed E-state index contributed by atoms with van der Waals surface area (Å²) >= 11 is 0. The normalized spacial score (nSPS) is 20.3. The van der Waals surface area contributed by atoms with Gasteiger partial charge in [0.25, 0.3) is 5.91 Å². The van der Waals surface area contributed by atoms with Crippen molar-refractivity contribution >= 4 is 5.91 Å². The largest absolute Gasteiger partial charge is 0.394 e. The Bertz CT molecular complexity index is 457. The number of H-pyrrole nitrogens is 1. The summed E-state index contributed by atoms with van der Waals surface area (Å²) in [6.45, 7) is 1.11. The molecule has 6 nitrogen and oxygen atoms in total. The highest BCUT2D eigenvalue weighted by molar-refractivity contribution is 5.94. The van der Waals surface area contributed by atoms with E-state index in [0.29, 0.717) is 25.3 Å². The molecule has 0 aliphatic carbocycles. The summed E-state index contributed by atoms with van der Waals surface area (Å²) < 4.78 is 5.26. The van der Waals surface area contributed by atoms with Crippen LogP contribution in [0.3, 0.4) is 0 Å². The molecular formula is C11H14N2O4. The van der Waals surface area contributed by atoms with Crippen LogP contribution in [0.1, 0.15) is 10.4 Å². The van der Waals surface area contributed by atoms with Crippen molar-refractivity contribution in [1.82, 2.24) is 9.88 Å². The van der Waals surface area contributed by atoms with Gasteiger partial charge in [-0.3, -0.25) is 9.59 Å². The number of ether oxygens (including phenoxy) is 1. The number of carbonyl (C=O) groups excluding carboxylic acids is 1. The van der Waals surface area contributed by atoms with Crippen molar-refractivity contribution < 1.29 is 14.6 Å². The number of nitrogens with one attached hydrogen (secondary N) is 1. The maximum absolute atomic E-state index is 12.0. The smallest absolute Gasteiger partial charge is 0.254 e. The molecule has 2 N–H and O–H groups in total. The molecule has 0 radical (unpaired) electrons. The molecule has 17 heavy (non-hydrogen) atoms. The summed E-state index contributed by atoms with van der Waals surface area (Å²) in [4.78, 5) is 27.2. The fraction of sp³-hybridized carbons (Fsp3) is 0.455. The molecule has 0 aromatic carbocycles. The van der Waals surface area contributed by atoms with Crippen LogP contribution in [-0.4, -0.2) is 53.3 Å². The highest BCUT2D eigenvalue weighted by atomic mass is 16.5. The SMILES string of the molecule is O=C(c1cc[nH]c(=O)c1)N1CCOC(CO)C1. The first-order valence-electron chi connectivity index (χ1n) is 5.41. The fourth-order valence-corrected chi connectivity index (χ4v) is 1.77. The summed E-state index contributed by atoms with van der Waals surface area (Å²) in [5, 5.41) is 8.99. The lowest BCUT2D eigenvalue weighted by Crippen LogP contribution is -2.47. The Morgan fingerprint density at radius 2 is 2.47 bits per heavy atom. The molecule has 1 atom stereocenters. The summed E-state index contributed by atoms with van der Waals surface area (Å²) in [6, 6.07) is 2.83. The minimum Gasteiger partial charge on any atom is -0.394 e. The van der Waals surface area contributed by atoms with E-state index in [1.54, 1.807) is 11.0 Å². The average molecular weight is 238 g/mol. The van der Waals surface area contributed by atoms with E-state index >= 15 is 0 Å². The lowest BCUT2D eigenvalue weighted by atomic mass is 10.2. The van der Waals surface area contributed by atoms with Crippen molar-refractivity contribution in [3.8, 4) is 0 Å². The molecule has 1 saturated heterocycles. The topological polar surface area (TPSA) is 82.6 Å².